The monoisotopic (exact) mass is 428 g/mol. The van der Waals surface area contributed by atoms with E-state index in [1.807, 2.05) is 19.1 Å². The van der Waals surface area contributed by atoms with E-state index in [1.54, 1.807) is 11.8 Å². The summed E-state index contributed by atoms with van der Waals surface area (Å²) in [5, 5.41) is 13.6. The largest absolute Gasteiger partial charge is 0.489 e. The number of aryl methyl sites for hydroxylation is 1. The molecule has 31 heavy (non-hydrogen) atoms. The summed E-state index contributed by atoms with van der Waals surface area (Å²) in [6, 6.07) is 3.99. The second-order valence-electron chi connectivity index (χ2n) is 8.49. The summed E-state index contributed by atoms with van der Waals surface area (Å²) >= 11 is 0. The van der Waals surface area contributed by atoms with Gasteiger partial charge in [-0.2, -0.15) is 4.80 Å². The molecule has 2 saturated carbocycles. The molecule has 0 aromatic carbocycles. The van der Waals surface area contributed by atoms with Crippen LogP contribution in [-0.2, 0) is 6.54 Å². The van der Waals surface area contributed by atoms with E-state index in [-0.39, 0.29) is 18.7 Å². The van der Waals surface area contributed by atoms with Gasteiger partial charge in [-0.25, -0.2) is 10.8 Å². The predicted molar refractivity (Wildman–Crippen MR) is 116 cm³/mol. The van der Waals surface area contributed by atoms with Crippen LogP contribution in [0.2, 0.25) is 0 Å². The molecule has 0 spiro atoms. The molecule has 0 amide bonds. The fourth-order valence-corrected chi connectivity index (χ4v) is 3.73. The van der Waals surface area contributed by atoms with Gasteiger partial charge in [-0.3, -0.25) is 0 Å². The van der Waals surface area contributed by atoms with Crippen LogP contribution in [0.15, 0.2) is 17.8 Å². The van der Waals surface area contributed by atoms with E-state index in [0.717, 1.165) is 30.8 Å². The number of hydrogen-bond acceptors (Lipinski definition) is 9. The van der Waals surface area contributed by atoms with Crippen LogP contribution in [0.3, 0.4) is 0 Å². The second kappa shape index (κ2) is 9.51. The first-order chi connectivity index (χ1) is 15.0. The van der Waals surface area contributed by atoms with Gasteiger partial charge in [-0.15, -0.1) is 0 Å². The summed E-state index contributed by atoms with van der Waals surface area (Å²) in [7, 11) is 1.70. The summed E-state index contributed by atoms with van der Waals surface area (Å²) in [4.78, 5) is 6.22. The molecule has 10 heteroatoms. The highest BCUT2D eigenvalue weighted by atomic mass is 16.5. The fraction of sp³-hybridized carbons (Fsp3) is 0.619. The molecule has 4 rings (SSSR count). The van der Waals surface area contributed by atoms with Crippen LogP contribution in [0.1, 0.15) is 56.3 Å². The van der Waals surface area contributed by atoms with Gasteiger partial charge in [0.25, 0.3) is 0 Å². The van der Waals surface area contributed by atoms with Crippen LogP contribution >= 0.6 is 0 Å². The average molecular weight is 429 g/mol. The van der Waals surface area contributed by atoms with Crippen molar-refractivity contribution < 1.29 is 9.47 Å². The number of likely N-dealkylation sites (N-methyl/N-ethyl adjacent to an activating group) is 1. The summed E-state index contributed by atoms with van der Waals surface area (Å²) in [6.07, 6.45) is 8.64. The van der Waals surface area contributed by atoms with Crippen molar-refractivity contribution in [3.05, 3.63) is 29.2 Å². The van der Waals surface area contributed by atoms with Gasteiger partial charge in [0.2, 0.25) is 0 Å². The van der Waals surface area contributed by atoms with E-state index in [0.29, 0.717) is 23.0 Å². The SMILES string of the molecule is Cc1nc(/C(N)=C(\COc2nnn(CC3CC3)n2)N(C)N)ccc1OC1CCCCC1. The molecule has 2 fully saturated rings. The third kappa shape index (κ3) is 5.63. The Hall–Kier alpha value is -2.88. The molecule has 0 bridgehead atoms. The Kier molecular flexibility index (Phi) is 6.55. The first kappa shape index (κ1) is 21.4. The van der Waals surface area contributed by atoms with Crippen molar-refractivity contribution in [3.8, 4) is 11.8 Å². The molecule has 2 aliphatic rings. The van der Waals surface area contributed by atoms with Crippen LogP contribution in [0.5, 0.6) is 11.8 Å². The third-order valence-electron chi connectivity index (χ3n) is 5.79. The number of rotatable bonds is 9. The van der Waals surface area contributed by atoms with Crippen molar-refractivity contribution in [3.63, 3.8) is 0 Å². The number of ether oxygens (including phenoxy) is 2. The Morgan fingerprint density at radius 2 is 1.97 bits per heavy atom. The van der Waals surface area contributed by atoms with Crippen LogP contribution in [0, 0.1) is 12.8 Å². The Morgan fingerprint density at radius 1 is 1.19 bits per heavy atom. The summed E-state index contributed by atoms with van der Waals surface area (Å²) in [6.45, 7) is 2.81. The highest BCUT2D eigenvalue weighted by Crippen LogP contribution is 2.30. The Morgan fingerprint density at radius 3 is 2.65 bits per heavy atom. The highest BCUT2D eigenvalue weighted by molar-refractivity contribution is 5.63. The Labute approximate surface area is 182 Å². The minimum atomic E-state index is 0.106. The van der Waals surface area contributed by atoms with Crippen LogP contribution in [-0.4, -0.2) is 50.0 Å². The molecule has 0 aliphatic heterocycles. The van der Waals surface area contributed by atoms with Gasteiger partial charge in [-0.05, 0) is 68.7 Å². The van der Waals surface area contributed by atoms with Crippen LogP contribution in [0.4, 0.5) is 0 Å². The predicted octanol–water partition coefficient (Wildman–Crippen LogP) is 2.01. The minimum Gasteiger partial charge on any atom is -0.489 e. The smallest absolute Gasteiger partial charge is 0.356 e. The van der Waals surface area contributed by atoms with Gasteiger partial charge in [0.05, 0.1) is 35.4 Å². The molecule has 0 saturated heterocycles. The molecule has 0 radical (unpaired) electrons. The first-order valence-electron chi connectivity index (χ1n) is 11.0. The van der Waals surface area contributed by atoms with Gasteiger partial charge < -0.3 is 20.2 Å². The lowest BCUT2D eigenvalue weighted by Crippen LogP contribution is -2.31. The van der Waals surface area contributed by atoms with E-state index in [1.165, 1.54) is 37.1 Å². The zero-order chi connectivity index (χ0) is 21.8. The van der Waals surface area contributed by atoms with Gasteiger partial charge in [0.1, 0.15) is 12.4 Å². The van der Waals surface area contributed by atoms with Gasteiger partial charge in [0.15, 0.2) is 0 Å². The topological polar surface area (TPSA) is 130 Å². The molecule has 2 aromatic rings. The number of tetrazole rings is 1. The molecule has 10 nitrogen and oxygen atoms in total. The number of aromatic nitrogens is 5. The maximum atomic E-state index is 6.40. The van der Waals surface area contributed by atoms with E-state index >= 15 is 0 Å². The zero-order valence-corrected chi connectivity index (χ0v) is 18.3. The standard InChI is InChI=1S/C21H32N8O2/c1-14-19(31-16-6-4-3-5-7-16)11-10-17(24-14)20(22)18(28(2)23)13-30-21-25-27-29(26-21)12-15-8-9-15/h10-11,15-16H,3-9,12-13,22-23H2,1-2H3/b20-18-. The van der Waals surface area contributed by atoms with Crippen molar-refractivity contribution in [2.45, 2.75) is 64.5 Å². The highest BCUT2D eigenvalue weighted by Gasteiger charge is 2.23. The van der Waals surface area contributed by atoms with Gasteiger partial charge >= 0.3 is 6.01 Å². The van der Waals surface area contributed by atoms with Crippen LogP contribution in [0.25, 0.3) is 5.70 Å². The number of nitrogens with two attached hydrogens (primary N) is 2. The van der Waals surface area contributed by atoms with E-state index in [9.17, 15) is 0 Å². The number of hydrazine groups is 1. The Balaban J connectivity index is 1.43. The normalized spacial score (nSPS) is 17.9. The molecule has 0 atom stereocenters. The molecule has 2 heterocycles. The Bertz CT molecular complexity index is 916. The fourth-order valence-electron chi connectivity index (χ4n) is 3.73. The molecule has 2 aliphatic carbocycles. The van der Waals surface area contributed by atoms with E-state index < -0.39 is 0 Å². The maximum absolute atomic E-state index is 6.40. The number of nitrogens with zero attached hydrogens (tertiary/aromatic N) is 6. The first-order valence-corrected chi connectivity index (χ1v) is 11.0. The molecular weight excluding hydrogens is 396 g/mol. The average Bonchev–Trinajstić information content (AvgIpc) is 3.46. The molecule has 168 valence electrons. The lowest BCUT2D eigenvalue weighted by molar-refractivity contribution is 0.153. The van der Waals surface area contributed by atoms with Crippen molar-refractivity contribution >= 4 is 5.70 Å². The lowest BCUT2D eigenvalue weighted by Gasteiger charge is -2.24. The maximum Gasteiger partial charge on any atom is 0.356 e. The lowest BCUT2D eigenvalue weighted by atomic mass is 9.98. The van der Waals surface area contributed by atoms with Gasteiger partial charge in [0, 0.05) is 7.05 Å². The minimum absolute atomic E-state index is 0.106. The summed E-state index contributed by atoms with van der Waals surface area (Å²) < 4.78 is 11.9. The summed E-state index contributed by atoms with van der Waals surface area (Å²) in [5.41, 5.74) is 8.83. The van der Waals surface area contributed by atoms with Crippen molar-refractivity contribution in [2.75, 3.05) is 13.7 Å². The van der Waals surface area contributed by atoms with Crippen LogP contribution < -0.4 is 21.1 Å². The molecule has 0 unspecified atom stereocenters. The second-order valence-corrected chi connectivity index (χ2v) is 8.49. The van der Waals surface area contributed by atoms with E-state index in [4.69, 9.17) is 21.1 Å². The van der Waals surface area contributed by atoms with Crippen molar-refractivity contribution in [1.82, 2.24) is 30.2 Å². The third-order valence-corrected chi connectivity index (χ3v) is 5.79. The van der Waals surface area contributed by atoms with Crippen molar-refractivity contribution in [1.29, 1.82) is 0 Å². The number of pyridine rings is 1. The van der Waals surface area contributed by atoms with E-state index in [2.05, 4.69) is 20.4 Å². The molecule has 4 N–H and O–H groups in total. The summed E-state index contributed by atoms with van der Waals surface area (Å²) in [5.74, 6) is 7.47. The van der Waals surface area contributed by atoms with Gasteiger partial charge in [-0.1, -0.05) is 16.6 Å². The molecular formula is C21H32N8O2. The molecule has 2 aromatic heterocycles. The zero-order valence-electron chi connectivity index (χ0n) is 18.3. The van der Waals surface area contributed by atoms with Crippen molar-refractivity contribution in [2.24, 2.45) is 17.5 Å². The quantitative estimate of drug-likeness (QED) is 0.455. The number of hydrogen-bond donors (Lipinski definition) is 2.